The van der Waals surface area contributed by atoms with Crippen molar-refractivity contribution in [3.8, 4) is 0 Å². The number of hydrogen-bond acceptors (Lipinski definition) is 3. The fourth-order valence-corrected chi connectivity index (χ4v) is 2.67. The molecule has 0 saturated heterocycles. The first kappa shape index (κ1) is 12.5. The van der Waals surface area contributed by atoms with E-state index in [0.717, 1.165) is 18.7 Å². The number of nitrogens with two attached hydrogens (primary N) is 1. The van der Waals surface area contributed by atoms with E-state index in [-0.39, 0.29) is 5.91 Å². The van der Waals surface area contributed by atoms with Gasteiger partial charge in [0, 0.05) is 24.8 Å². The largest absolute Gasteiger partial charge is 0.397 e. The molecule has 0 spiro atoms. The highest BCUT2D eigenvalue weighted by atomic mass is 16.1. The minimum Gasteiger partial charge on any atom is -0.397 e. The number of nitrogens with one attached hydrogen (secondary N) is 1. The lowest BCUT2D eigenvalue weighted by molar-refractivity contribution is 0.0963. The molecule has 1 aliphatic rings. The van der Waals surface area contributed by atoms with Gasteiger partial charge in [-0.1, -0.05) is 18.2 Å². The lowest BCUT2D eigenvalue weighted by Crippen LogP contribution is -2.19. The Morgan fingerprint density at radius 3 is 2.75 bits per heavy atom. The van der Waals surface area contributed by atoms with Crippen LogP contribution in [0.5, 0.6) is 0 Å². The number of anilines is 3. The second-order valence-corrected chi connectivity index (χ2v) is 4.88. The van der Waals surface area contributed by atoms with E-state index in [1.165, 1.54) is 11.3 Å². The van der Waals surface area contributed by atoms with E-state index in [1.54, 1.807) is 13.1 Å². The molecule has 1 amide bonds. The van der Waals surface area contributed by atoms with Gasteiger partial charge in [-0.25, -0.2) is 0 Å². The average Bonchev–Trinajstić information content (AvgIpc) is 2.90. The molecule has 0 bridgehead atoms. The summed E-state index contributed by atoms with van der Waals surface area (Å²) in [7, 11) is 1.61. The maximum atomic E-state index is 11.6. The summed E-state index contributed by atoms with van der Waals surface area (Å²) in [6, 6.07) is 13.8. The van der Waals surface area contributed by atoms with Crippen molar-refractivity contribution in [2.45, 2.75) is 6.42 Å². The second kappa shape index (κ2) is 4.89. The van der Waals surface area contributed by atoms with Gasteiger partial charge in [0.15, 0.2) is 0 Å². The Morgan fingerprint density at radius 1 is 1.20 bits per heavy atom. The summed E-state index contributed by atoms with van der Waals surface area (Å²) in [5.41, 5.74) is 10.8. The van der Waals surface area contributed by atoms with E-state index in [0.29, 0.717) is 11.3 Å². The summed E-state index contributed by atoms with van der Waals surface area (Å²) in [5.74, 6) is -0.120. The third kappa shape index (κ3) is 1.99. The van der Waals surface area contributed by atoms with Crippen molar-refractivity contribution in [2.24, 2.45) is 0 Å². The third-order valence-electron chi connectivity index (χ3n) is 3.69. The molecule has 0 atom stereocenters. The summed E-state index contributed by atoms with van der Waals surface area (Å²) < 4.78 is 0. The van der Waals surface area contributed by atoms with Gasteiger partial charge in [-0.3, -0.25) is 4.79 Å². The molecule has 102 valence electrons. The second-order valence-electron chi connectivity index (χ2n) is 4.88. The van der Waals surface area contributed by atoms with Crippen LogP contribution < -0.4 is 16.0 Å². The van der Waals surface area contributed by atoms with E-state index in [1.807, 2.05) is 18.2 Å². The maximum absolute atomic E-state index is 11.6. The Balaban J connectivity index is 1.98. The summed E-state index contributed by atoms with van der Waals surface area (Å²) in [5, 5.41) is 2.61. The molecule has 0 saturated carbocycles. The molecule has 0 unspecified atom stereocenters. The Kier molecular flexibility index (Phi) is 3.06. The number of carbonyl (C=O) groups excluding carboxylic acids is 1. The molecule has 0 fully saturated rings. The minimum absolute atomic E-state index is 0.120. The third-order valence-corrected chi connectivity index (χ3v) is 3.69. The molecule has 4 nitrogen and oxygen atoms in total. The van der Waals surface area contributed by atoms with Crippen molar-refractivity contribution in [2.75, 3.05) is 24.2 Å². The summed E-state index contributed by atoms with van der Waals surface area (Å²) in [4.78, 5) is 13.8. The van der Waals surface area contributed by atoms with Crippen LogP contribution in [0.1, 0.15) is 15.9 Å². The molecule has 0 aromatic heterocycles. The standard InChI is InChI=1S/C16H17N3O/c1-18-16(20)12-6-7-15(13(17)10-12)19-9-8-11-4-2-3-5-14(11)19/h2-7,10H,8-9,17H2,1H3,(H,18,20). The predicted molar refractivity (Wildman–Crippen MR) is 81.4 cm³/mol. The molecule has 1 aliphatic heterocycles. The van der Waals surface area contributed by atoms with Gasteiger partial charge < -0.3 is 16.0 Å². The van der Waals surface area contributed by atoms with E-state index in [4.69, 9.17) is 5.73 Å². The topological polar surface area (TPSA) is 58.4 Å². The van der Waals surface area contributed by atoms with Crippen LogP contribution in [0.4, 0.5) is 17.1 Å². The smallest absolute Gasteiger partial charge is 0.251 e. The zero-order chi connectivity index (χ0) is 14.1. The highest BCUT2D eigenvalue weighted by Crippen LogP contribution is 2.37. The lowest BCUT2D eigenvalue weighted by Gasteiger charge is -2.21. The molecule has 20 heavy (non-hydrogen) atoms. The number of nitrogen functional groups attached to an aromatic ring is 1. The zero-order valence-corrected chi connectivity index (χ0v) is 11.4. The van der Waals surface area contributed by atoms with Crippen molar-refractivity contribution in [1.29, 1.82) is 0 Å². The summed E-state index contributed by atoms with van der Waals surface area (Å²) >= 11 is 0. The molecule has 3 N–H and O–H groups in total. The van der Waals surface area contributed by atoms with Crippen molar-refractivity contribution in [3.05, 3.63) is 53.6 Å². The Labute approximate surface area is 118 Å². The first-order chi connectivity index (χ1) is 9.70. The molecule has 3 rings (SSSR count). The summed E-state index contributed by atoms with van der Waals surface area (Å²) in [6.07, 6.45) is 1.02. The fourth-order valence-electron chi connectivity index (χ4n) is 2.67. The van der Waals surface area contributed by atoms with Crippen molar-refractivity contribution >= 4 is 23.0 Å². The van der Waals surface area contributed by atoms with Crippen LogP contribution in [0.3, 0.4) is 0 Å². The van der Waals surface area contributed by atoms with Crippen LogP contribution in [-0.2, 0) is 6.42 Å². The predicted octanol–water partition coefficient (Wildman–Crippen LogP) is 2.32. The number of fused-ring (bicyclic) bond motifs is 1. The van der Waals surface area contributed by atoms with Crippen LogP contribution in [0, 0.1) is 0 Å². The van der Waals surface area contributed by atoms with Gasteiger partial charge in [-0.15, -0.1) is 0 Å². The van der Waals surface area contributed by atoms with Crippen LogP contribution in [0.15, 0.2) is 42.5 Å². The molecule has 0 aliphatic carbocycles. The van der Waals surface area contributed by atoms with E-state index in [2.05, 4.69) is 28.4 Å². The molecular formula is C16H17N3O. The first-order valence-electron chi connectivity index (χ1n) is 6.68. The highest BCUT2D eigenvalue weighted by Gasteiger charge is 2.21. The Morgan fingerprint density at radius 2 is 2.00 bits per heavy atom. The first-order valence-corrected chi connectivity index (χ1v) is 6.68. The minimum atomic E-state index is -0.120. The Hall–Kier alpha value is -2.49. The Bertz CT molecular complexity index is 667. The average molecular weight is 267 g/mol. The van der Waals surface area contributed by atoms with Gasteiger partial charge in [0.1, 0.15) is 0 Å². The van der Waals surface area contributed by atoms with Crippen molar-refractivity contribution < 1.29 is 4.79 Å². The van der Waals surface area contributed by atoms with Crippen molar-refractivity contribution in [1.82, 2.24) is 5.32 Å². The number of nitrogens with zero attached hydrogens (tertiary/aromatic N) is 1. The highest BCUT2D eigenvalue weighted by molar-refractivity contribution is 5.96. The lowest BCUT2D eigenvalue weighted by atomic mass is 10.1. The monoisotopic (exact) mass is 267 g/mol. The van der Waals surface area contributed by atoms with E-state index < -0.39 is 0 Å². The fraction of sp³-hybridized carbons (Fsp3) is 0.188. The van der Waals surface area contributed by atoms with Crippen molar-refractivity contribution in [3.63, 3.8) is 0 Å². The van der Waals surface area contributed by atoms with Gasteiger partial charge in [-0.2, -0.15) is 0 Å². The van der Waals surface area contributed by atoms with Crippen LogP contribution >= 0.6 is 0 Å². The molecular weight excluding hydrogens is 250 g/mol. The van der Waals surface area contributed by atoms with Crippen LogP contribution in [0.2, 0.25) is 0 Å². The molecule has 2 aromatic carbocycles. The number of para-hydroxylation sites is 1. The van der Waals surface area contributed by atoms with Crippen LogP contribution in [-0.4, -0.2) is 19.5 Å². The van der Waals surface area contributed by atoms with Gasteiger partial charge in [0.25, 0.3) is 5.91 Å². The van der Waals surface area contributed by atoms with Gasteiger partial charge in [0.2, 0.25) is 0 Å². The van der Waals surface area contributed by atoms with Gasteiger partial charge >= 0.3 is 0 Å². The SMILES string of the molecule is CNC(=O)c1ccc(N2CCc3ccccc32)c(N)c1. The molecule has 2 aromatic rings. The number of rotatable bonds is 2. The van der Waals surface area contributed by atoms with Gasteiger partial charge in [0.05, 0.1) is 11.4 Å². The number of amides is 1. The molecule has 1 heterocycles. The quantitative estimate of drug-likeness (QED) is 0.821. The van der Waals surface area contributed by atoms with Gasteiger partial charge in [-0.05, 0) is 36.2 Å². The number of benzene rings is 2. The molecule has 4 heteroatoms. The zero-order valence-electron chi connectivity index (χ0n) is 11.4. The normalized spacial score (nSPS) is 13.2. The molecule has 0 radical (unpaired) electrons. The number of hydrogen-bond donors (Lipinski definition) is 2. The maximum Gasteiger partial charge on any atom is 0.251 e. The van der Waals surface area contributed by atoms with Crippen LogP contribution in [0.25, 0.3) is 0 Å². The van der Waals surface area contributed by atoms with E-state index >= 15 is 0 Å². The van der Waals surface area contributed by atoms with E-state index in [9.17, 15) is 4.79 Å². The summed E-state index contributed by atoms with van der Waals surface area (Å²) in [6.45, 7) is 0.920. The number of carbonyl (C=O) groups is 1.